The molecule has 4 aliphatic rings. The second-order valence-electron chi connectivity index (χ2n) is 19.7. The number of fused-ring (bicyclic) bond motifs is 12. The average Bonchev–Trinajstić information content (AvgIpc) is 3.96. The number of nitrogens with one attached hydrogen (secondary N) is 1. The number of benzene rings is 9. The van der Waals surface area contributed by atoms with Gasteiger partial charge in [-0.2, -0.15) is 0 Å². The van der Waals surface area contributed by atoms with Crippen molar-refractivity contribution in [1.82, 2.24) is 0 Å². The molecule has 2 heteroatoms. The standard InChI is InChI=1S/C60H47NS/c1-58(2)47-19-11-9-15-37(47)39-26-23-34(29-49(39)58)55-42-17-7-8-18-43(42)56(35-24-27-40-38-16-10-12-20-48(38)59(3,4)50(40)30-35)46-33-52-44(32-45(46)55)41-28-25-36(31-51(41)60(52,5)6)57-61-53-21-13-14-22-54(53)62-57/h7-33,57,61H,1-6H3. The predicted octanol–water partition coefficient (Wildman–Crippen LogP) is 16.5. The molecule has 1 aliphatic heterocycles. The molecule has 298 valence electrons. The van der Waals surface area contributed by atoms with E-state index in [0.29, 0.717) is 0 Å². The Morgan fingerprint density at radius 2 is 0.823 bits per heavy atom. The summed E-state index contributed by atoms with van der Waals surface area (Å²) in [6.45, 7) is 14.5. The van der Waals surface area contributed by atoms with Crippen molar-refractivity contribution < 1.29 is 0 Å². The summed E-state index contributed by atoms with van der Waals surface area (Å²) in [4.78, 5) is 1.32. The largest absolute Gasteiger partial charge is 0.368 e. The Balaban J connectivity index is 1.07. The zero-order valence-electron chi connectivity index (χ0n) is 36.1. The van der Waals surface area contributed by atoms with Crippen molar-refractivity contribution in [2.24, 2.45) is 0 Å². The Morgan fingerprint density at radius 1 is 0.371 bits per heavy atom. The third-order valence-corrected chi connectivity index (χ3v) is 16.5. The van der Waals surface area contributed by atoms with Crippen molar-refractivity contribution in [2.45, 2.75) is 68.1 Å². The molecule has 9 aromatic rings. The first-order chi connectivity index (χ1) is 30.0. The summed E-state index contributed by atoms with van der Waals surface area (Å²) in [6, 6.07) is 62.9. The van der Waals surface area contributed by atoms with Crippen LogP contribution in [0.15, 0.2) is 169 Å². The van der Waals surface area contributed by atoms with E-state index in [-0.39, 0.29) is 21.6 Å². The molecular formula is C60H47NS. The van der Waals surface area contributed by atoms with Gasteiger partial charge in [0.15, 0.2) is 0 Å². The van der Waals surface area contributed by atoms with E-state index < -0.39 is 0 Å². The SMILES string of the molecule is CC1(C)c2ccccc2-c2ccc(-c3c4ccccc4c(-c4ccc5c(c4)C(C)(C)c4ccccc4-5)c4cc5c(cc34)-c3ccc(C4Nc6ccccc6S4)cc3C5(C)C)cc21. The van der Waals surface area contributed by atoms with Gasteiger partial charge in [-0.15, -0.1) is 0 Å². The van der Waals surface area contributed by atoms with Crippen molar-refractivity contribution in [2.75, 3.05) is 5.32 Å². The molecule has 0 amide bonds. The summed E-state index contributed by atoms with van der Waals surface area (Å²) in [5.41, 5.74) is 23.9. The van der Waals surface area contributed by atoms with Gasteiger partial charge in [-0.1, -0.05) is 181 Å². The zero-order chi connectivity index (χ0) is 41.9. The summed E-state index contributed by atoms with van der Waals surface area (Å²) >= 11 is 1.92. The summed E-state index contributed by atoms with van der Waals surface area (Å²) < 4.78 is 0. The van der Waals surface area contributed by atoms with E-state index in [4.69, 9.17) is 0 Å². The Morgan fingerprint density at radius 3 is 1.44 bits per heavy atom. The van der Waals surface area contributed by atoms with Crippen molar-refractivity contribution in [1.29, 1.82) is 0 Å². The quantitative estimate of drug-likeness (QED) is 0.178. The minimum Gasteiger partial charge on any atom is -0.368 e. The van der Waals surface area contributed by atoms with Crippen molar-refractivity contribution >= 4 is 39.0 Å². The van der Waals surface area contributed by atoms with Crippen LogP contribution in [0.4, 0.5) is 5.69 Å². The second-order valence-corrected chi connectivity index (χ2v) is 20.8. The highest BCUT2D eigenvalue weighted by Crippen LogP contribution is 2.57. The van der Waals surface area contributed by atoms with Gasteiger partial charge in [-0.3, -0.25) is 0 Å². The molecule has 13 rings (SSSR count). The Labute approximate surface area is 368 Å². The molecular weight excluding hydrogens is 767 g/mol. The first kappa shape index (κ1) is 36.3. The molecule has 0 fully saturated rings. The number of rotatable bonds is 3. The predicted molar refractivity (Wildman–Crippen MR) is 264 cm³/mol. The highest BCUT2D eigenvalue weighted by Gasteiger charge is 2.40. The third kappa shape index (κ3) is 4.77. The first-order valence-corrected chi connectivity index (χ1v) is 23.1. The van der Waals surface area contributed by atoms with E-state index in [9.17, 15) is 0 Å². The average molecular weight is 814 g/mol. The van der Waals surface area contributed by atoms with Gasteiger partial charge in [0.25, 0.3) is 0 Å². The van der Waals surface area contributed by atoms with Gasteiger partial charge in [0.1, 0.15) is 5.37 Å². The van der Waals surface area contributed by atoms with Crippen molar-refractivity contribution in [3.05, 3.63) is 203 Å². The molecule has 0 bridgehead atoms. The second kappa shape index (κ2) is 12.4. The molecule has 1 nitrogen and oxygen atoms in total. The van der Waals surface area contributed by atoms with Crippen LogP contribution in [-0.2, 0) is 16.2 Å². The minimum atomic E-state index is -0.195. The molecule has 0 saturated carbocycles. The highest BCUT2D eigenvalue weighted by molar-refractivity contribution is 8.00. The lowest BCUT2D eigenvalue weighted by Crippen LogP contribution is -2.16. The Bertz CT molecular complexity index is 3430. The summed E-state index contributed by atoms with van der Waals surface area (Å²) in [5, 5.41) is 9.21. The van der Waals surface area contributed by atoms with Crippen LogP contribution < -0.4 is 5.32 Å². The fourth-order valence-corrected chi connectivity index (χ4v) is 13.2. The highest BCUT2D eigenvalue weighted by atomic mass is 32.2. The maximum Gasteiger partial charge on any atom is 0.103 e. The van der Waals surface area contributed by atoms with Crippen LogP contribution in [0.3, 0.4) is 0 Å². The molecule has 1 unspecified atom stereocenters. The van der Waals surface area contributed by atoms with Gasteiger partial charge in [-0.05, 0) is 153 Å². The van der Waals surface area contributed by atoms with Crippen LogP contribution in [0.2, 0.25) is 0 Å². The first-order valence-electron chi connectivity index (χ1n) is 22.2. The van der Waals surface area contributed by atoms with Crippen LogP contribution in [0.5, 0.6) is 0 Å². The lowest BCUT2D eigenvalue weighted by Gasteiger charge is -2.26. The molecule has 9 aromatic carbocycles. The fourth-order valence-electron chi connectivity index (χ4n) is 12.1. The number of para-hydroxylation sites is 1. The Kier molecular flexibility index (Phi) is 7.26. The third-order valence-electron chi connectivity index (χ3n) is 15.3. The minimum absolute atomic E-state index is 0.0985. The number of anilines is 1. The lowest BCUT2D eigenvalue weighted by atomic mass is 9.77. The van der Waals surface area contributed by atoms with Gasteiger partial charge in [0.05, 0.1) is 0 Å². The van der Waals surface area contributed by atoms with Gasteiger partial charge in [-0.25, -0.2) is 0 Å². The monoisotopic (exact) mass is 813 g/mol. The maximum absolute atomic E-state index is 3.81. The van der Waals surface area contributed by atoms with E-state index >= 15 is 0 Å². The molecule has 0 aromatic heterocycles. The molecule has 1 N–H and O–H groups in total. The van der Waals surface area contributed by atoms with Crippen molar-refractivity contribution in [3.63, 3.8) is 0 Å². The fraction of sp³-hybridized carbons (Fsp3) is 0.167. The summed E-state index contributed by atoms with van der Waals surface area (Å²) in [7, 11) is 0. The molecule has 1 heterocycles. The van der Waals surface area contributed by atoms with Crippen LogP contribution in [-0.4, -0.2) is 0 Å². The van der Waals surface area contributed by atoms with E-state index in [1.807, 2.05) is 11.8 Å². The normalized spacial score (nSPS) is 17.5. The van der Waals surface area contributed by atoms with Gasteiger partial charge >= 0.3 is 0 Å². The smallest absolute Gasteiger partial charge is 0.103 e. The molecule has 0 saturated heterocycles. The van der Waals surface area contributed by atoms with E-state index in [2.05, 4.69) is 211 Å². The van der Waals surface area contributed by atoms with Gasteiger partial charge < -0.3 is 5.32 Å². The van der Waals surface area contributed by atoms with E-state index in [1.165, 1.54) is 127 Å². The number of thioether (sulfide) groups is 1. The number of hydrogen-bond acceptors (Lipinski definition) is 2. The van der Waals surface area contributed by atoms with E-state index in [1.54, 1.807) is 0 Å². The van der Waals surface area contributed by atoms with E-state index in [0.717, 1.165) is 0 Å². The van der Waals surface area contributed by atoms with Crippen LogP contribution in [0.25, 0.3) is 77.2 Å². The molecule has 1 atom stereocenters. The van der Waals surface area contributed by atoms with Gasteiger partial charge in [0.2, 0.25) is 0 Å². The van der Waals surface area contributed by atoms with Crippen LogP contribution in [0, 0.1) is 0 Å². The topological polar surface area (TPSA) is 12.0 Å². The van der Waals surface area contributed by atoms with Gasteiger partial charge in [0, 0.05) is 26.8 Å². The molecule has 0 radical (unpaired) electrons. The lowest BCUT2D eigenvalue weighted by molar-refractivity contribution is 0.660. The molecule has 0 spiro atoms. The summed E-state index contributed by atoms with van der Waals surface area (Å²) in [5.74, 6) is 0. The summed E-state index contributed by atoms with van der Waals surface area (Å²) in [6.07, 6.45) is 0. The maximum atomic E-state index is 3.81. The number of hydrogen-bond donors (Lipinski definition) is 1. The van der Waals surface area contributed by atoms with Crippen LogP contribution in [0.1, 0.15) is 85.9 Å². The van der Waals surface area contributed by atoms with Crippen molar-refractivity contribution in [3.8, 4) is 55.6 Å². The zero-order valence-corrected chi connectivity index (χ0v) is 36.9. The van der Waals surface area contributed by atoms with Crippen LogP contribution >= 0.6 is 11.8 Å². The molecule has 62 heavy (non-hydrogen) atoms. The Hall–Kier alpha value is -6.35. The molecule has 3 aliphatic carbocycles.